The molecular formula is C9H9N5O. The van der Waals surface area contributed by atoms with Crippen LogP contribution in [0.3, 0.4) is 0 Å². The van der Waals surface area contributed by atoms with E-state index in [2.05, 4.69) is 26.8 Å². The highest BCUT2D eigenvalue weighted by molar-refractivity contribution is 5.85. The van der Waals surface area contributed by atoms with Gasteiger partial charge in [-0.15, -0.1) is 0 Å². The van der Waals surface area contributed by atoms with Gasteiger partial charge in [0.25, 0.3) is 0 Å². The lowest BCUT2D eigenvalue weighted by Gasteiger charge is -2.17. The quantitative estimate of drug-likeness (QED) is 0.648. The zero-order chi connectivity index (χ0) is 10.6. The number of aryl methyl sites for hydroxylation is 1. The molecule has 15 heavy (non-hydrogen) atoms. The minimum Gasteiger partial charge on any atom is -0.341 e. The Kier molecular flexibility index (Phi) is 1.35. The summed E-state index contributed by atoms with van der Waals surface area (Å²) in [6.45, 7) is 6.04. The first kappa shape index (κ1) is 8.22. The first-order valence-electron chi connectivity index (χ1n) is 4.57. The van der Waals surface area contributed by atoms with Crippen molar-refractivity contribution >= 4 is 17.0 Å². The van der Waals surface area contributed by atoms with Crippen LogP contribution in [0.4, 0.5) is 5.82 Å². The van der Waals surface area contributed by atoms with Crippen LogP contribution < -0.4 is 11.0 Å². The number of aromatic nitrogens is 4. The maximum atomic E-state index is 11.6. The van der Waals surface area contributed by atoms with E-state index in [0.717, 1.165) is 11.2 Å². The van der Waals surface area contributed by atoms with Gasteiger partial charge in [-0.25, -0.2) is 14.8 Å². The van der Waals surface area contributed by atoms with Crippen LogP contribution in [0.25, 0.3) is 11.2 Å². The maximum Gasteiger partial charge on any atom is 0.328 e. The Morgan fingerprint density at radius 2 is 2.27 bits per heavy atom. The minimum atomic E-state index is -0.172. The third kappa shape index (κ3) is 1.01. The van der Waals surface area contributed by atoms with Crippen molar-refractivity contribution in [3.8, 4) is 0 Å². The second-order valence-electron chi connectivity index (χ2n) is 3.56. The molecule has 6 nitrogen and oxygen atoms in total. The highest BCUT2D eigenvalue weighted by atomic mass is 16.1. The SMILES string of the molecule is C=C1Cn2c(=O)[nH]c3nc(C)nc(c32)N1. The first-order valence-corrected chi connectivity index (χ1v) is 4.57. The molecule has 0 aromatic carbocycles. The normalized spacial score (nSPS) is 14.3. The van der Waals surface area contributed by atoms with Gasteiger partial charge in [0.15, 0.2) is 11.5 Å². The van der Waals surface area contributed by atoms with Crippen molar-refractivity contribution in [2.75, 3.05) is 5.32 Å². The van der Waals surface area contributed by atoms with Gasteiger partial charge in [0, 0.05) is 5.70 Å². The molecule has 0 unspecified atom stereocenters. The lowest BCUT2D eigenvalue weighted by molar-refractivity contribution is 0.762. The third-order valence-electron chi connectivity index (χ3n) is 2.38. The topological polar surface area (TPSA) is 75.6 Å². The molecule has 0 saturated heterocycles. The molecule has 76 valence electrons. The molecule has 6 heteroatoms. The number of hydrogen-bond acceptors (Lipinski definition) is 4. The molecule has 2 aromatic heterocycles. The Bertz CT molecular complexity index is 636. The van der Waals surface area contributed by atoms with Crippen molar-refractivity contribution in [1.82, 2.24) is 19.5 Å². The van der Waals surface area contributed by atoms with E-state index in [-0.39, 0.29) is 5.69 Å². The predicted octanol–water partition coefficient (Wildman–Crippen LogP) is 0.367. The fourth-order valence-corrected chi connectivity index (χ4v) is 1.82. The standard InChI is InChI=1S/C9H9N5O/c1-4-3-14-6-7(10-4)11-5(2)12-8(6)13-9(14)15/h1,3H2,2H3,(H2,10,11,12,13,15). The van der Waals surface area contributed by atoms with Crippen LogP contribution in [0.15, 0.2) is 17.1 Å². The Morgan fingerprint density at radius 1 is 1.47 bits per heavy atom. The Morgan fingerprint density at radius 3 is 3.07 bits per heavy atom. The van der Waals surface area contributed by atoms with Gasteiger partial charge in [-0.3, -0.25) is 9.55 Å². The molecule has 0 fully saturated rings. The summed E-state index contributed by atoms with van der Waals surface area (Å²) in [6, 6.07) is 0. The number of hydrogen-bond donors (Lipinski definition) is 2. The summed E-state index contributed by atoms with van der Waals surface area (Å²) in [5.74, 6) is 1.26. The van der Waals surface area contributed by atoms with Gasteiger partial charge in [-0.2, -0.15) is 0 Å². The molecule has 0 radical (unpaired) electrons. The number of nitrogens with zero attached hydrogens (tertiary/aromatic N) is 3. The van der Waals surface area contributed by atoms with Crippen LogP contribution >= 0.6 is 0 Å². The monoisotopic (exact) mass is 203 g/mol. The zero-order valence-corrected chi connectivity index (χ0v) is 8.16. The van der Waals surface area contributed by atoms with E-state index in [1.165, 1.54) is 0 Å². The molecule has 2 N–H and O–H groups in total. The van der Waals surface area contributed by atoms with Gasteiger partial charge >= 0.3 is 5.69 Å². The summed E-state index contributed by atoms with van der Waals surface area (Å²) < 4.78 is 1.59. The molecular weight excluding hydrogens is 194 g/mol. The van der Waals surface area contributed by atoms with Crippen molar-refractivity contribution in [1.29, 1.82) is 0 Å². The van der Waals surface area contributed by atoms with Crippen LogP contribution in [0.2, 0.25) is 0 Å². The predicted molar refractivity (Wildman–Crippen MR) is 55.6 cm³/mol. The number of allylic oxidation sites excluding steroid dienone is 1. The molecule has 3 heterocycles. The molecule has 1 aliphatic heterocycles. The number of rotatable bonds is 0. The van der Waals surface area contributed by atoms with E-state index < -0.39 is 0 Å². The maximum absolute atomic E-state index is 11.6. The second-order valence-corrected chi connectivity index (χ2v) is 3.56. The number of aromatic amines is 1. The molecule has 2 aromatic rings. The molecule has 0 spiro atoms. The smallest absolute Gasteiger partial charge is 0.328 e. The molecule has 0 atom stereocenters. The summed E-state index contributed by atoms with van der Waals surface area (Å²) in [5, 5.41) is 3.05. The van der Waals surface area contributed by atoms with Crippen molar-refractivity contribution in [2.24, 2.45) is 0 Å². The van der Waals surface area contributed by atoms with Crippen LogP contribution in [-0.4, -0.2) is 19.5 Å². The molecule has 1 aliphatic rings. The van der Waals surface area contributed by atoms with Gasteiger partial charge < -0.3 is 5.32 Å². The van der Waals surface area contributed by atoms with Crippen LogP contribution in [-0.2, 0) is 6.54 Å². The lowest BCUT2D eigenvalue weighted by Crippen LogP contribution is -2.23. The minimum absolute atomic E-state index is 0.172. The van der Waals surface area contributed by atoms with Crippen molar-refractivity contribution in [3.05, 3.63) is 28.6 Å². The average Bonchev–Trinajstić information content (AvgIpc) is 2.43. The number of nitrogens with one attached hydrogen (secondary N) is 2. The average molecular weight is 203 g/mol. The first-order chi connectivity index (χ1) is 7.15. The van der Waals surface area contributed by atoms with Crippen molar-refractivity contribution in [2.45, 2.75) is 13.5 Å². The van der Waals surface area contributed by atoms with E-state index in [0.29, 0.717) is 23.8 Å². The highest BCUT2D eigenvalue weighted by Crippen LogP contribution is 2.23. The third-order valence-corrected chi connectivity index (χ3v) is 2.38. The Hall–Kier alpha value is -2.11. The van der Waals surface area contributed by atoms with Crippen LogP contribution in [0.1, 0.15) is 5.82 Å². The largest absolute Gasteiger partial charge is 0.341 e. The Labute approximate surface area is 84.7 Å². The summed E-state index contributed by atoms with van der Waals surface area (Å²) in [7, 11) is 0. The van der Waals surface area contributed by atoms with Gasteiger partial charge in [-0.1, -0.05) is 6.58 Å². The number of imidazole rings is 1. The molecule has 0 amide bonds. The summed E-state index contributed by atoms with van der Waals surface area (Å²) in [4.78, 5) is 22.7. The number of anilines is 1. The van der Waals surface area contributed by atoms with Gasteiger partial charge in [0.1, 0.15) is 11.3 Å². The lowest BCUT2D eigenvalue weighted by atomic mass is 10.3. The molecule has 3 rings (SSSR count). The van der Waals surface area contributed by atoms with E-state index >= 15 is 0 Å². The van der Waals surface area contributed by atoms with Gasteiger partial charge in [0.05, 0.1) is 6.54 Å². The van der Waals surface area contributed by atoms with E-state index in [9.17, 15) is 4.79 Å². The highest BCUT2D eigenvalue weighted by Gasteiger charge is 2.19. The van der Waals surface area contributed by atoms with E-state index in [1.807, 2.05) is 0 Å². The summed E-state index contributed by atoms with van der Waals surface area (Å²) >= 11 is 0. The summed E-state index contributed by atoms with van der Waals surface area (Å²) in [5.41, 5.74) is 1.87. The van der Waals surface area contributed by atoms with Crippen LogP contribution in [0.5, 0.6) is 0 Å². The van der Waals surface area contributed by atoms with Crippen molar-refractivity contribution < 1.29 is 0 Å². The van der Waals surface area contributed by atoms with Gasteiger partial charge in [0.2, 0.25) is 0 Å². The summed E-state index contributed by atoms with van der Waals surface area (Å²) in [6.07, 6.45) is 0. The number of H-pyrrole nitrogens is 1. The molecule has 0 saturated carbocycles. The zero-order valence-electron chi connectivity index (χ0n) is 8.16. The van der Waals surface area contributed by atoms with Crippen molar-refractivity contribution in [3.63, 3.8) is 0 Å². The Balaban J connectivity index is 2.52. The van der Waals surface area contributed by atoms with E-state index in [4.69, 9.17) is 0 Å². The van der Waals surface area contributed by atoms with Crippen LogP contribution in [0, 0.1) is 6.92 Å². The molecule has 0 aliphatic carbocycles. The fourth-order valence-electron chi connectivity index (χ4n) is 1.82. The molecule has 0 bridgehead atoms. The fraction of sp³-hybridized carbons (Fsp3) is 0.222. The second kappa shape index (κ2) is 2.47. The van der Waals surface area contributed by atoms with E-state index in [1.54, 1.807) is 11.5 Å². The van der Waals surface area contributed by atoms with Gasteiger partial charge in [-0.05, 0) is 6.92 Å².